The predicted molar refractivity (Wildman–Crippen MR) is 481 cm³/mol. The van der Waals surface area contributed by atoms with E-state index < -0.39 is 0 Å². The van der Waals surface area contributed by atoms with E-state index in [2.05, 4.69) is 424 Å². The van der Waals surface area contributed by atoms with Crippen molar-refractivity contribution in [2.75, 3.05) is 9.80 Å². The molecule has 0 aliphatic heterocycles. The number of benzene rings is 17. The number of hydrogen-bond acceptors (Lipinski definition) is 5. The molecule has 0 amide bonds. The number of aromatic nitrogens is 1. The van der Waals surface area contributed by atoms with Gasteiger partial charge in [0.05, 0.1) is 11.0 Å². The minimum Gasteiger partial charge on any atom is -0.455 e. The molecule has 0 spiro atoms. The van der Waals surface area contributed by atoms with Gasteiger partial charge in [0.1, 0.15) is 22.3 Å². The summed E-state index contributed by atoms with van der Waals surface area (Å²) in [6.45, 7) is 9.41. The van der Waals surface area contributed by atoms with E-state index >= 15 is 0 Å². The second kappa shape index (κ2) is 26.3. The van der Waals surface area contributed by atoms with Crippen molar-refractivity contribution in [3.8, 4) is 72.4 Å². The van der Waals surface area contributed by atoms with Crippen LogP contribution in [0.25, 0.3) is 158 Å². The molecule has 4 aromatic heterocycles. The SMILES string of the molecule is CC1(C)c2ccccc2-c2ccc(N(c3ccc(-c4ccccc4)cc3)c3cc(-c4ccc(-n5c6ccccc6c6ccccc65)cc4)c4oc5ccccc5c4c3)cc21.CC1(C)c2ccccc2-c2ccc(N(c3ccc(-c4ccccc4)cc3)c3cc(-c4ccc5sc6ccccc6c5c4)c4oc5ccccc5c4c3)cc21. The third kappa shape index (κ3) is 10.8. The van der Waals surface area contributed by atoms with Gasteiger partial charge in [-0.1, -0.05) is 282 Å². The van der Waals surface area contributed by atoms with Crippen molar-refractivity contribution in [2.24, 2.45) is 0 Å². The van der Waals surface area contributed by atoms with Crippen molar-refractivity contribution in [3.63, 3.8) is 0 Å². The zero-order chi connectivity index (χ0) is 75.9. The van der Waals surface area contributed by atoms with E-state index in [1.165, 1.54) is 109 Å². The molecule has 17 aromatic carbocycles. The van der Waals surface area contributed by atoms with Gasteiger partial charge in [-0.3, -0.25) is 0 Å². The zero-order valence-corrected chi connectivity index (χ0v) is 64.3. The summed E-state index contributed by atoms with van der Waals surface area (Å²) in [4.78, 5) is 4.85. The molecule has 540 valence electrons. The summed E-state index contributed by atoms with van der Waals surface area (Å²) in [5, 5.41) is 9.48. The van der Waals surface area contributed by atoms with E-state index in [1.807, 2.05) is 11.3 Å². The first-order valence-electron chi connectivity index (χ1n) is 39.3. The van der Waals surface area contributed by atoms with E-state index in [9.17, 15) is 0 Å². The van der Waals surface area contributed by atoms with Crippen LogP contribution in [-0.2, 0) is 10.8 Å². The molecular weight excluding hydrogens is 1400 g/mol. The monoisotopic (exact) mass is 1480 g/mol. The number of thiophene rings is 1. The third-order valence-corrected chi connectivity index (χ3v) is 25.4. The van der Waals surface area contributed by atoms with Gasteiger partial charge in [-0.2, -0.15) is 0 Å². The summed E-state index contributed by atoms with van der Waals surface area (Å²) in [5.74, 6) is 0. The maximum atomic E-state index is 6.77. The molecule has 0 fully saturated rings. The van der Waals surface area contributed by atoms with Gasteiger partial charge in [0, 0.05) is 114 Å². The summed E-state index contributed by atoms with van der Waals surface area (Å²) >= 11 is 1.85. The van der Waals surface area contributed by atoms with Crippen molar-refractivity contribution in [3.05, 3.63) is 404 Å². The van der Waals surface area contributed by atoms with Gasteiger partial charge in [0.25, 0.3) is 0 Å². The van der Waals surface area contributed by atoms with Crippen LogP contribution in [0.15, 0.2) is 391 Å². The topological polar surface area (TPSA) is 37.7 Å². The molecular formula is C108H75N3O2S. The Balaban J connectivity index is 0.000000140. The van der Waals surface area contributed by atoms with Crippen molar-refractivity contribution in [2.45, 2.75) is 38.5 Å². The molecule has 114 heavy (non-hydrogen) atoms. The Kier molecular flexibility index (Phi) is 15.4. The Morgan fingerprint density at radius 2 is 0.614 bits per heavy atom. The Labute approximate surface area is 665 Å². The van der Waals surface area contributed by atoms with Crippen LogP contribution in [0.1, 0.15) is 49.9 Å². The lowest BCUT2D eigenvalue weighted by Gasteiger charge is -2.29. The lowest BCUT2D eigenvalue weighted by atomic mass is 9.82. The average molecular weight is 1480 g/mol. The van der Waals surface area contributed by atoms with Crippen LogP contribution in [0.2, 0.25) is 0 Å². The minimum absolute atomic E-state index is 0.126. The average Bonchev–Trinajstić information content (AvgIpc) is 1.47. The van der Waals surface area contributed by atoms with Gasteiger partial charge in [-0.25, -0.2) is 0 Å². The summed E-state index contributed by atoms with van der Waals surface area (Å²) in [5.41, 5.74) is 33.2. The van der Waals surface area contributed by atoms with E-state index in [1.54, 1.807) is 0 Å². The molecule has 6 heteroatoms. The number of hydrogen-bond donors (Lipinski definition) is 0. The molecule has 21 aromatic rings. The van der Waals surface area contributed by atoms with Crippen molar-refractivity contribution in [1.82, 2.24) is 4.57 Å². The van der Waals surface area contributed by atoms with E-state index in [0.29, 0.717) is 0 Å². The Morgan fingerprint density at radius 1 is 0.237 bits per heavy atom. The Bertz CT molecular complexity index is 7350. The Hall–Kier alpha value is -14.0. The third-order valence-electron chi connectivity index (χ3n) is 24.3. The van der Waals surface area contributed by atoms with Gasteiger partial charge in [0.15, 0.2) is 0 Å². The maximum absolute atomic E-state index is 6.77. The highest BCUT2D eigenvalue weighted by molar-refractivity contribution is 7.25. The van der Waals surface area contributed by atoms with Crippen LogP contribution in [0.4, 0.5) is 34.1 Å². The van der Waals surface area contributed by atoms with Gasteiger partial charge in [-0.05, 0) is 205 Å². The first kappa shape index (κ1) is 66.9. The molecule has 0 bridgehead atoms. The molecule has 0 saturated carbocycles. The fourth-order valence-corrected chi connectivity index (χ4v) is 19.7. The standard InChI is InChI=1S/C57H40N2O.C51H35NOS/c1-57(2)51-20-10-6-16-44(51)45-33-32-42(36-52(45)57)58(40-28-24-38(25-29-40)37-14-4-3-5-15-37)43-34-49(56-50(35-43)48-19-9-13-23-55(48)60-56)39-26-30-41(31-27-39)59-53-21-11-7-17-46(53)47-18-8-12-22-54(47)59;1-51(2)45-17-9-6-14-38(45)39-26-25-36(31-46(39)51)52(35-23-20-33(21-24-35)32-12-4-3-5-13-32)37-29-42(50-44(30-37)40-15-7-10-18-47(40)53-50)34-22-27-49-43(28-34)41-16-8-11-19-48(41)54-49/h3-36H,1-2H3;3-31H,1-2H3. The predicted octanol–water partition coefficient (Wildman–Crippen LogP) is 30.9. The van der Waals surface area contributed by atoms with Crippen LogP contribution in [0.3, 0.4) is 0 Å². The van der Waals surface area contributed by atoms with Gasteiger partial charge >= 0.3 is 0 Å². The summed E-state index contributed by atoms with van der Waals surface area (Å²) < 4.78 is 18.5. The largest absolute Gasteiger partial charge is 0.455 e. The van der Waals surface area contributed by atoms with Gasteiger partial charge in [-0.15, -0.1) is 11.3 Å². The van der Waals surface area contributed by atoms with Crippen molar-refractivity contribution >= 4 is 131 Å². The lowest BCUT2D eigenvalue weighted by molar-refractivity contribution is 0.660. The van der Waals surface area contributed by atoms with Crippen LogP contribution >= 0.6 is 11.3 Å². The van der Waals surface area contributed by atoms with Crippen molar-refractivity contribution < 1.29 is 8.83 Å². The molecule has 5 nitrogen and oxygen atoms in total. The highest BCUT2D eigenvalue weighted by Crippen LogP contribution is 2.55. The highest BCUT2D eigenvalue weighted by atomic mass is 32.1. The van der Waals surface area contributed by atoms with E-state index in [0.717, 1.165) is 106 Å². The molecule has 0 saturated heterocycles. The number of rotatable bonds is 11. The molecule has 2 aliphatic carbocycles. The smallest absolute Gasteiger partial charge is 0.143 e. The Morgan fingerprint density at radius 3 is 1.12 bits per heavy atom. The molecule has 0 unspecified atom stereocenters. The molecule has 0 N–H and O–H groups in total. The summed E-state index contributed by atoms with van der Waals surface area (Å²) in [6.07, 6.45) is 0. The van der Waals surface area contributed by atoms with Crippen molar-refractivity contribution in [1.29, 1.82) is 0 Å². The molecule has 2 aliphatic rings. The number of furan rings is 2. The lowest BCUT2D eigenvalue weighted by Crippen LogP contribution is -2.16. The molecule has 0 radical (unpaired) electrons. The summed E-state index contributed by atoms with van der Waals surface area (Å²) in [7, 11) is 0. The van der Waals surface area contributed by atoms with E-state index in [-0.39, 0.29) is 10.8 Å². The van der Waals surface area contributed by atoms with Crippen LogP contribution in [0, 0.1) is 0 Å². The number of fused-ring (bicyclic) bond motifs is 18. The molecule has 0 atom stereocenters. The first-order chi connectivity index (χ1) is 56.0. The first-order valence-corrected chi connectivity index (χ1v) is 40.2. The summed E-state index contributed by atoms with van der Waals surface area (Å²) in [6, 6.07) is 139. The number of nitrogens with zero attached hydrogens (tertiary/aromatic N) is 3. The second-order valence-corrected chi connectivity index (χ2v) is 32.5. The van der Waals surface area contributed by atoms with E-state index in [4.69, 9.17) is 8.83 Å². The fourth-order valence-electron chi connectivity index (χ4n) is 18.6. The highest BCUT2D eigenvalue weighted by Gasteiger charge is 2.38. The minimum atomic E-state index is -0.140. The van der Waals surface area contributed by atoms with Crippen LogP contribution < -0.4 is 9.80 Å². The second-order valence-electron chi connectivity index (χ2n) is 31.5. The number of para-hydroxylation sites is 4. The number of anilines is 6. The molecule has 23 rings (SSSR count). The van der Waals surface area contributed by atoms with Gasteiger partial charge < -0.3 is 23.2 Å². The van der Waals surface area contributed by atoms with Crippen LogP contribution in [-0.4, -0.2) is 4.57 Å². The van der Waals surface area contributed by atoms with Crippen LogP contribution in [0.5, 0.6) is 0 Å². The normalized spacial score (nSPS) is 13.1. The van der Waals surface area contributed by atoms with Gasteiger partial charge in [0.2, 0.25) is 0 Å². The quantitative estimate of drug-likeness (QED) is 0.129. The molecule has 4 heterocycles. The maximum Gasteiger partial charge on any atom is 0.143 e. The zero-order valence-electron chi connectivity index (χ0n) is 63.4. The fraction of sp³-hybridized carbons (Fsp3) is 0.0556.